The number of hydrogen-bond acceptors (Lipinski definition) is 1. The summed E-state index contributed by atoms with van der Waals surface area (Å²) >= 11 is 0. The van der Waals surface area contributed by atoms with E-state index in [0.29, 0.717) is 0 Å². The Labute approximate surface area is 131 Å². The topological polar surface area (TPSA) is 12.0 Å². The van der Waals surface area contributed by atoms with Gasteiger partial charge in [0.25, 0.3) is 0 Å². The molecule has 0 heterocycles. The summed E-state index contributed by atoms with van der Waals surface area (Å²) in [5.74, 6) is 2.47. The average molecular weight is 287 g/mol. The summed E-state index contributed by atoms with van der Waals surface area (Å²) in [6.45, 7) is 10.4. The lowest BCUT2D eigenvalue weighted by atomic mass is 9.70. The lowest BCUT2D eigenvalue weighted by molar-refractivity contribution is 0.228. The van der Waals surface area contributed by atoms with Gasteiger partial charge in [0, 0.05) is 0 Å². The molecule has 2 rings (SSSR count). The van der Waals surface area contributed by atoms with E-state index in [1.165, 1.54) is 31.2 Å². The molecule has 1 aliphatic rings. The third-order valence-corrected chi connectivity index (χ3v) is 5.35. The Kier molecular flexibility index (Phi) is 5.48. The van der Waals surface area contributed by atoms with E-state index < -0.39 is 0 Å². The summed E-state index contributed by atoms with van der Waals surface area (Å²) in [6, 6.07) is 9.49. The van der Waals surface area contributed by atoms with Crippen LogP contribution in [0.3, 0.4) is 0 Å². The van der Waals surface area contributed by atoms with Gasteiger partial charge in [0.05, 0.1) is 0 Å². The highest BCUT2D eigenvalue weighted by Crippen LogP contribution is 2.41. The number of nitrogens with one attached hydrogen (secondary N) is 1. The van der Waals surface area contributed by atoms with Crippen molar-refractivity contribution in [2.24, 2.45) is 11.8 Å². The van der Waals surface area contributed by atoms with Gasteiger partial charge in [-0.3, -0.25) is 0 Å². The maximum atomic E-state index is 3.41. The highest BCUT2D eigenvalue weighted by molar-refractivity contribution is 5.30. The highest BCUT2D eigenvalue weighted by Gasteiger charge is 2.30. The zero-order valence-corrected chi connectivity index (χ0v) is 14.6. The van der Waals surface area contributed by atoms with Crippen molar-refractivity contribution in [1.29, 1.82) is 0 Å². The van der Waals surface area contributed by atoms with E-state index in [1.807, 2.05) is 0 Å². The predicted octanol–water partition coefficient (Wildman–Crippen LogP) is 5.11. The van der Waals surface area contributed by atoms with Crippen LogP contribution < -0.4 is 5.32 Å². The Morgan fingerprint density at radius 2 is 1.76 bits per heavy atom. The average Bonchev–Trinajstić information content (AvgIpc) is 2.47. The first-order chi connectivity index (χ1) is 9.95. The van der Waals surface area contributed by atoms with Gasteiger partial charge in [-0.15, -0.1) is 0 Å². The molecule has 1 aliphatic carbocycles. The van der Waals surface area contributed by atoms with Crippen LogP contribution in [0.1, 0.15) is 70.4 Å². The molecule has 1 nitrogen and oxygen atoms in total. The molecule has 1 heteroatoms. The minimum absolute atomic E-state index is 0.251. The van der Waals surface area contributed by atoms with Crippen molar-refractivity contribution in [2.45, 2.75) is 64.7 Å². The Hall–Kier alpha value is -0.820. The zero-order valence-electron chi connectivity index (χ0n) is 14.6. The molecular weight excluding hydrogens is 254 g/mol. The van der Waals surface area contributed by atoms with Crippen LogP contribution in [0.25, 0.3) is 0 Å². The first-order valence-electron chi connectivity index (χ1n) is 8.70. The van der Waals surface area contributed by atoms with Crippen molar-refractivity contribution >= 4 is 0 Å². The minimum Gasteiger partial charge on any atom is -0.319 e. The van der Waals surface area contributed by atoms with Crippen molar-refractivity contribution in [3.63, 3.8) is 0 Å². The van der Waals surface area contributed by atoms with Gasteiger partial charge >= 0.3 is 0 Å². The second-order valence-corrected chi connectivity index (χ2v) is 7.88. The Bertz CT molecular complexity index is 426. The molecule has 0 spiro atoms. The van der Waals surface area contributed by atoms with Crippen molar-refractivity contribution in [2.75, 3.05) is 13.6 Å². The van der Waals surface area contributed by atoms with Crippen LogP contribution in [0.4, 0.5) is 0 Å². The lowest BCUT2D eigenvalue weighted by Crippen LogP contribution is -2.30. The summed E-state index contributed by atoms with van der Waals surface area (Å²) in [5, 5.41) is 3.41. The van der Waals surface area contributed by atoms with Crippen molar-refractivity contribution in [1.82, 2.24) is 5.32 Å². The molecule has 1 aromatic rings. The van der Waals surface area contributed by atoms with E-state index in [4.69, 9.17) is 0 Å². The Morgan fingerprint density at radius 3 is 2.29 bits per heavy atom. The molecule has 3 atom stereocenters. The zero-order chi connectivity index (χ0) is 15.5. The largest absolute Gasteiger partial charge is 0.319 e. The van der Waals surface area contributed by atoms with Gasteiger partial charge in [-0.2, -0.15) is 0 Å². The monoisotopic (exact) mass is 287 g/mol. The third kappa shape index (κ3) is 4.10. The molecule has 118 valence electrons. The fourth-order valence-corrected chi connectivity index (χ4v) is 3.84. The lowest BCUT2D eigenvalue weighted by Gasteiger charge is -2.36. The summed E-state index contributed by atoms with van der Waals surface area (Å²) < 4.78 is 0. The van der Waals surface area contributed by atoms with E-state index in [1.54, 1.807) is 5.56 Å². The Balaban J connectivity index is 2.19. The molecule has 0 saturated heterocycles. The van der Waals surface area contributed by atoms with Gasteiger partial charge < -0.3 is 5.32 Å². The minimum atomic E-state index is 0.251. The van der Waals surface area contributed by atoms with Crippen LogP contribution in [0.5, 0.6) is 0 Å². The van der Waals surface area contributed by atoms with E-state index in [-0.39, 0.29) is 5.41 Å². The summed E-state index contributed by atoms with van der Waals surface area (Å²) in [6.07, 6.45) is 5.50. The van der Waals surface area contributed by atoms with Crippen LogP contribution in [0, 0.1) is 11.8 Å². The second kappa shape index (κ2) is 6.96. The molecule has 0 bridgehead atoms. The third-order valence-electron chi connectivity index (χ3n) is 5.35. The number of rotatable bonds is 4. The quantitative estimate of drug-likeness (QED) is 0.811. The fraction of sp³-hybridized carbons (Fsp3) is 0.700. The fourth-order valence-electron chi connectivity index (χ4n) is 3.84. The Morgan fingerprint density at radius 1 is 1.10 bits per heavy atom. The first kappa shape index (κ1) is 16.5. The number of hydrogen-bond donors (Lipinski definition) is 1. The molecule has 1 aromatic carbocycles. The van der Waals surface area contributed by atoms with Crippen molar-refractivity contribution < 1.29 is 0 Å². The molecule has 21 heavy (non-hydrogen) atoms. The SMILES string of the molecule is CCC1CCC(CNC)C(c2ccc(C(C)(C)C)cc2)C1. The van der Waals surface area contributed by atoms with Gasteiger partial charge in [0.1, 0.15) is 0 Å². The normalized spacial score (nSPS) is 26.8. The second-order valence-electron chi connectivity index (χ2n) is 7.88. The van der Waals surface area contributed by atoms with E-state index in [2.05, 4.69) is 64.3 Å². The van der Waals surface area contributed by atoms with E-state index in [0.717, 1.165) is 24.3 Å². The van der Waals surface area contributed by atoms with Crippen LogP contribution in [-0.2, 0) is 5.41 Å². The van der Waals surface area contributed by atoms with Gasteiger partial charge in [-0.25, -0.2) is 0 Å². The van der Waals surface area contributed by atoms with E-state index >= 15 is 0 Å². The van der Waals surface area contributed by atoms with Crippen LogP contribution >= 0.6 is 0 Å². The maximum absolute atomic E-state index is 3.41. The molecule has 0 amide bonds. The highest BCUT2D eigenvalue weighted by atomic mass is 14.8. The molecule has 1 fully saturated rings. The summed E-state index contributed by atoms with van der Waals surface area (Å²) in [7, 11) is 2.09. The van der Waals surface area contributed by atoms with Gasteiger partial charge in [-0.05, 0) is 60.7 Å². The number of benzene rings is 1. The van der Waals surface area contributed by atoms with Crippen molar-refractivity contribution in [3.05, 3.63) is 35.4 Å². The van der Waals surface area contributed by atoms with Crippen LogP contribution in [-0.4, -0.2) is 13.6 Å². The molecular formula is C20H33N. The molecule has 1 N–H and O–H groups in total. The smallest absolute Gasteiger partial charge is 0.00177 e. The van der Waals surface area contributed by atoms with E-state index in [9.17, 15) is 0 Å². The predicted molar refractivity (Wildman–Crippen MR) is 92.9 cm³/mol. The molecule has 0 radical (unpaired) electrons. The standard InChI is InChI=1S/C20H33N/c1-6-15-7-8-17(14-21-5)19(13-15)16-9-11-18(12-10-16)20(2,3)4/h9-12,15,17,19,21H,6-8,13-14H2,1-5H3. The van der Waals surface area contributed by atoms with Gasteiger partial charge in [0.15, 0.2) is 0 Å². The van der Waals surface area contributed by atoms with Crippen LogP contribution in [0.2, 0.25) is 0 Å². The van der Waals surface area contributed by atoms with Gasteiger partial charge in [0.2, 0.25) is 0 Å². The maximum Gasteiger partial charge on any atom is -0.00177 e. The first-order valence-corrected chi connectivity index (χ1v) is 8.70. The van der Waals surface area contributed by atoms with Crippen LogP contribution in [0.15, 0.2) is 24.3 Å². The summed E-state index contributed by atoms with van der Waals surface area (Å²) in [5.41, 5.74) is 3.25. The molecule has 0 aliphatic heterocycles. The molecule has 0 aromatic heterocycles. The summed E-state index contributed by atoms with van der Waals surface area (Å²) in [4.78, 5) is 0. The van der Waals surface area contributed by atoms with Crippen molar-refractivity contribution in [3.8, 4) is 0 Å². The molecule has 1 saturated carbocycles. The molecule has 3 unspecified atom stereocenters. The van der Waals surface area contributed by atoms with Gasteiger partial charge in [-0.1, -0.05) is 64.8 Å².